The van der Waals surface area contributed by atoms with Gasteiger partial charge in [0.15, 0.2) is 0 Å². The first-order valence-corrected chi connectivity index (χ1v) is 10.6. The first-order valence-electron chi connectivity index (χ1n) is 9.79. The van der Waals surface area contributed by atoms with Gasteiger partial charge >= 0.3 is 5.97 Å². The van der Waals surface area contributed by atoms with Gasteiger partial charge in [-0.25, -0.2) is 13.8 Å². The van der Waals surface area contributed by atoms with Crippen molar-refractivity contribution in [1.29, 1.82) is 0 Å². The highest BCUT2D eigenvalue weighted by Gasteiger charge is 2.35. The van der Waals surface area contributed by atoms with E-state index in [4.69, 9.17) is 9.72 Å². The summed E-state index contributed by atoms with van der Waals surface area (Å²) in [5.74, 6) is -1.96. The van der Waals surface area contributed by atoms with Gasteiger partial charge in [-0.05, 0) is 37.1 Å². The lowest BCUT2D eigenvalue weighted by Crippen LogP contribution is -2.28. The van der Waals surface area contributed by atoms with Crippen LogP contribution in [0.15, 0.2) is 34.8 Å². The van der Waals surface area contributed by atoms with E-state index in [2.05, 4.69) is 15.9 Å². The van der Waals surface area contributed by atoms with Gasteiger partial charge in [-0.3, -0.25) is 4.79 Å². The molecule has 1 saturated carbocycles. The number of aliphatic carboxylic acids is 1. The van der Waals surface area contributed by atoms with Gasteiger partial charge in [0, 0.05) is 22.0 Å². The third-order valence-corrected chi connectivity index (χ3v) is 6.28. The van der Waals surface area contributed by atoms with Crippen LogP contribution in [-0.4, -0.2) is 27.7 Å². The summed E-state index contributed by atoms with van der Waals surface area (Å²) in [5.41, 5.74) is 1.20. The second-order valence-electron chi connectivity index (χ2n) is 7.59. The molecule has 1 heterocycles. The van der Waals surface area contributed by atoms with Gasteiger partial charge in [0.05, 0.1) is 30.6 Å². The predicted molar refractivity (Wildman–Crippen MR) is 112 cm³/mol. The maximum Gasteiger partial charge on any atom is 0.307 e. The summed E-state index contributed by atoms with van der Waals surface area (Å²) < 4.78 is 36.6. The minimum absolute atomic E-state index is 0.0905. The molecule has 0 radical (unpaired) electrons. The summed E-state index contributed by atoms with van der Waals surface area (Å²) in [6.45, 7) is -0.0905. The van der Waals surface area contributed by atoms with Gasteiger partial charge in [-0.15, -0.1) is 0 Å². The average molecular weight is 479 g/mol. The van der Waals surface area contributed by atoms with E-state index in [0.717, 1.165) is 12.8 Å². The lowest BCUT2D eigenvalue weighted by Gasteiger charge is -2.28. The molecule has 0 bridgehead atoms. The molecule has 4 rings (SSSR count). The molecule has 1 fully saturated rings. The molecule has 0 aliphatic heterocycles. The number of benzene rings is 2. The van der Waals surface area contributed by atoms with Crippen molar-refractivity contribution in [3.63, 3.8) is 0 Å². The number of aromatic nitrogens is 2. The van der Waals surface area contributed by atoms with Crippen molar-refractivity contribution < 1.29 is 23.4 Å². The first kappa shape index (κ1) is 20.8. The third-order valence-electron chi connectivity index (χ3n) is 5.82. The highest BCUT2D eigenvalue weighted by Crippen LogP contribution is 2.39. The number of nitrogens with zero attached hydrogens (tertiary/aromatic N) is 2. The third kappa shape index (κ3) is 3.80. The highest BCUT2D eigenvalue weighted by molar-refractivity contribution is 9.10. The number of rotatable bonds is 5. The molecule has 8 heteroatoms. The molecular weight excluding hydrogens is 458 g/mol. The fourth-order valence-corrected chi connectivity index (χ4v) is 4.72. The number of carboxylic acids is 1. The van der Waals surface area contributed by atoms with Crippen molar-refractivity contribution in [3.8, 4) is 5.75 Å². The zero-order chi connectivity index (χ0) is 21.4. The molecular formula is C22H21BrF2N2O3. The molecule has 1 N–H and O–H groups in total. The molecule has 3 aromatic rings. The molecule has 1 aliphatic carbocycles. The van der Waals surface area contributed by atoms with Crippen molar-refractivity contribution in [3.05, 3.63) is 57.8 Å². The van der Waals surface area contributed by atoms with Crippen molar-refractivity contribution in [2.45, 2.75) is 38.1 Å². The van der Waals surface area contributed by atoms with Crippen LogP contribution in [0.5, 0.6) is 5.75 Å². The lowest BCUT2D eigenvalue weighted by atomic mass is 9.78. The minimum atomic E-state index is -0.864. The summed E-state index contributed by atoms with van der Waals surface area (Å²) in [5, 5.41) is 9.74. The molecule has 0 spiro atoms. The van der Waals surface area contributed by atoms with Gasteiger partial charge in [0.1, 0.15) is 23.2 Å². The number of fused-ring (bicyclic) bond motifs is 1. The van der Waals surface area contributed by atoms with Crippen LogP contribution in [-0.2, 0) is 11.3 Å². The maximum atomic E-state index is 14.6. The van der Waals surface area contributed by atoms with Crippen LogP contribution in [0.25, 0.3) is 11.0 Å². The Kier molecular flexibility index (Phi) is 5.77. The number of methoxy groups -OCH3 is 1. The van der Waals surface area contributed by atoms with E-state index in [9.17, 15) is 18.7 Å². The van der Waals surface area contributed by atoms with Gasteiger partial charge in [-0.2, -0.15) is 0 Å². The van der Waals surface area contributed by atoms with Crippen molar-refractivity contribution >= 4 is 32.9 Å². The van der Waals surface area contributed by atoms with Crippen molar-refractivity contribution in [1.82, 2.24) is 9.55 Å². The molecule has 5 nitrogen and oxygen atoms in total. The van der Waals surface area contributed by atoms with E-state index < -0.39 is 23.5 Å². The van der Waals surface area contributed by atoms with Crippen LogP contribution in [0.4, 0.5) is 8.78 Å². The van der Waals surface area contributed by atoms with Crippen LogP contribution in [0.1, 0.15) is 43.0 Å². The largest absolute Gasteiger partial charge is 0.497 e. The Bertz CT molecular complexity index is 1090. The summed E-state index contributed by atoms with van der Waals surface area (Å²) in [6, 6.07) is 7.75. The quantitative estimate of drug-likeness (QED) is 0.526. The minimum Gasteiger partial charge on any atom is -0.497 e. The summed E-state index contributed by atoms with van der Waals surface area (Å²) in [6.07, 6.45) is 2.97. The van der Waals surface area contributed by atoms with Crippen molar-refractivity contribution in [2.24, 2.45) is 5.92 Å². The Balaban J connectivity index is 1.89. The van der Waals surface area contributed by atoms with E-state index in [1.165, 1.54) is 12.1 Å². The molecule has 0 amide bonds. The number of imidazole rings is 1. The zero-order valence-electron chi connectivity index (χ0n) is 16.4. The average Bonchev–Trinajstić information content (AvgIpc) is 3.07. The van der Waals surface area contributed by atoms with Gasteiger partial charge in [0.2, 0.25) is 0 Å². The van der Waals surface area contributed by atoms with Crippen LogP contribution in [0, 0.1) is 17.6 Å². The number of hydrogen-bond donors (Lipinski definition) is 1. The molecule has 2 atom stereocenters. The van der Waals surface area contributed by atoms with E-state index in [0.29, 0.717) is 39.9 Å². The van der Waals surface area contributed by atoms with Gasteiger partial charge in [-0.1, -0.05) is 28.8 Å². The monoisotopic (exact) mass is 478 g/mol. The topological polar surface area (TPSA) is 64.3 Å². The summed E-state index contributed by atoms with van der Waals surface area (Å²) >= 11 is 3.10. The fraction of sp³-hybridized carbons (Fsp3) is 0.364. The van der Waals surface area contributed by atoms with E-state index >= 15 is 0 Å². The molecule has 30 heavy (non-hydrogen) atoms. The van der Waals surface area contributed by atoms with E-state index in [-0.39, 0.29) is 18.0 Å². The van der Waals surface area contributed by atoms with Gasteiger partial charge in [0.25, 0.3) is 0 Å². The number of carboxylic acid groups (broad SMARTS) is 1. The molecule has 1 aromatic heterocycles. The second-order valence-corrected chi connectivity index (χ2v) is 8.51. The van der Waals surface area contributed by atoms with Crippen LogP contribution < -0.4 is 4.74 Å². The predicted octanol–water partition coefficient (Wildman–Crippen LogP) is 5.49. The lowest BCUT2D eigenvalue weighted by molar-refractivity contribution is -0.143. The van der Waals surface area contributed by atoms with Crippen molar-refractivity contribution in [2.75, 3.05) is 7.11 Å². The van der Waals surface area contributed by atoms with Crippen LogP contribution in [0.3, 0.4) is 0 Å². The van der Waals surface area contributed by atoms with E-state index in [1.54, 1.807) is 29.9 Å². The molecule has 2 unspecified atom stereocenters. The number of ether oxygens (including phenoxy) is 1. The van der Waals surface area contributed by atoms with Gasteiger partial charge < -0.3 is 14.4 Å². The first-order chi connectivity index (χ1) is 14.4. The van der Waals surface area contributed by atoms with Crippen LogP contribution >= 0.6 is 15.9 Å². The molecule has 158 valence electrons. The normalized spacial score (nSPS) is 19.2. The standard InChI is InChI=1S/C22H21BrF2N2O3/c1-30-13-6-7-19-20(10-13)27(11-16-17(24)8-12(23)9-18(16)25)21(26-19)14-4-2-3-5-15(14)22(28)29/h6-10,14-15H,2-5,11H2,1H3,(H,28,29). The number of hydrogen-bond acceptors (Lipinski definition) is 3. The number of halogens is 3. The zero-order valence-corrected chi connectivity index (χ0v) is 18.0. The molecule has 0 saturated heterocycles. The molecule has 1 aliphatic rings. The SMILES string of the molecule is COc1ccc2nc(C3CCCCC3C(=O)O)n(Cc3c(F)cc(Br)cc3F)c2c1. The molecule has 2 aromatic carbocycles. The maximum absolute atomic E-state index is 14.6. The Morgan fingerprint density at radius 1 is 1.23 bits per heavy atom. The summed E-state index contributed by atoms with van der Waals surface area (Å²) in [4.78, 5) is 16.6. The Morgan fingerprint density at radius 2 is 1.93 bits per heavy atom. The number of carbonyl (C=O) groups is 1. The Morgan fingerprint density at radius 3 is 2.60 bits per heavy atom. The fourth-order valence-electron chi connectivity index (χ4n) is 4.31. The second kappa shape index (κ2) is 8.34. The Hall–Kier alpha value is -2.48. The Labute approximate surface area is 180 Å². The van der Waals surface area contributed by atoms with E-state index in [1.807, 2.05) is 0 Å². The van der Waals surface area contributed by atoms with Crippen LogP contribution in [0.2, 0.25) is 0 Å². The smallest absolute Gasteiger partial charge is 0.307 e. The highest BCUT2D eigenvalue weighted by atomic mass is 79.9. The summed E-state index contributed by atoms with van der Waals surface area (Å²) in [7, 11) is 1.54.